The second-order valence-electron chi connectivity index (χ2n) is 5.51. The van der Waals surface area contributed by atoms with E-state index in [4.69, 9.17) is 21.3 Å². The van der Waals surface area contributed by atoms with E-state index in [2.05, 4.69) is 11.4 Å². The van der Waals surface area contributed by atoms with Crippen LogP contribution in [0.15, 0.2) is 47.1 Å². The summed E-state index contributed by atoms with van der Waals surface area (Å²) in [6.07, 6.45) is 1.95. The zero-order chi connectivity index (χ0) is 17.4. The van der Waals surface area contributed by atoms with Gasteiger partial charge in [-0.3, -0.25) is 9.69 Å². The smallest absolute Gasteiger partial charge is 0.234 e. The second kappa shape index (κ2) is 9.11. The third-order valence-electron chi connectivity index (χ3n) is 3.62. The first-order valence-corrected chi connectivity index (χ1v) is 8.13. The van der Waals surface area contributed by atoms with Crippen molar-refractivity contribution in [3.63, 3.8) is 0 Å². The summed E-state index contributed by atoms with van der Waals surface area (Å²) in [6, 6.07) is 13.0. The SMILES string of the molecule is CC(NC(=O)CN(CCC#N)Cc1ccco1)c1ccccc1Cl. The highest BCUT2D eigenvalue weighted by molar-refractivity contribution is 6.31. The van der Waals surface area contributed by atoms with E-state index >= 15 is 0 Å². The van der Waals surface area contributed by atoms with Crippen LogP contribution in [0.3, 0.4) is 0 Å². The van der Waals surface area contributed by atoms with Crippen molar-refractivity contribution in [2.24, 2.45) is 0 Å². The summed E-state index contributed by atoms with van der Waals surface area (Å²) >= 11 is 6.16. The van der Waals surface area contributed by atoms with Gasteiger partial charge in [0.05, 0.1) is 31.5 Å². The molecule has 1 atom stereocenters. The average Bonchev–Trinajstić information content (AvgIpc) is 3.05. The minimum absolute atomic E-state index is 0.119. The molecule has 0 bridgehead atoms. The number of nitrogens with one attached hydrogen (secondary N) is 1. The van der Waals surface area contributed by atoms with Crippen LogP contribution in [0, 0.1) is 11.3 Å². The van der Waals surface area contributed by atoms with Gasteiger partial charge in [0.2, 0.25) is 5.91 Å². The molecule has 0 saturated heterocycles. The largest absolute Gasteiger partial charge is 0.468 e. The van der Waals surface area contributed by atoms with E-state index in [-0.39, 0.29) is 18.5 Å². The fourth-order valence-corrected chi connectivity index (χ4v) is 2.74. The maximum absolute atomic E-state index is 12.3. The van der Waals surface area contributed by atoms with Gasteiger partial charge in [-0.05, 0) is 30.7 Å². The highest BCUT2D eigenvalue weighted by atomic mass is 35.5. The van der Waals surface area contributed by atoms with E-state index in [1.807, 2.05) is 36.1 Å². The Morgan fingerprint density at radius 1 is 1.38 bits per heavy atom. The molecule has 0 spiro atoms. The molecule has 2 aromatic rings. The lowest BCUT2D eigenvalue weighted by Gasteiger charge is -2.21. The highest BCUT2D eigenvalue weighted by Gasteiger charge is 2.16. The predicted molar refractivity (Wildman–Crippen MR) is 92.2 cm³/mol. The molecule has 126 valence electrons. The van der Waals surface area contributed by atoms with E-state index in [0.717, 1.165) is 11.3 Å². The molecule has 1 N–H and O–H groups in total. The maximum atomic E-state index is 12.3. The molecule has 1 aromatic carbocycles. The number of amides is 1. The summed E-state index contributed by atoms with van der Waals surface area (Å²) in [4.78, 5) is 14.2. The number of nitrogens with zero attached hydrogens (tertiary/aromatic N) is 2. The Bertz CT molecular complexity index is 695. The third-order valence-corrected chi connectivity index (χ3v) is 3.96. The molecular weight excluding hydrogens is 326 g/mol. The molecular formula is C18H20ClN3O2. The highest BCUT2D eigenvalue weighted by Crippen LogP contribution is 2.22. The van der Waals surface area contributed by atoms with Gasteiger partial charge in [0, 0.05) is 18.0 Å². The minimum Gasteiger partial charge on any atom is -0.468 e. The molecule has 1 amide bonds. The number of rotatable bonds is 8. The van der Waals surface area contributed by atoms with Crippen LogP contribution in [0.5, 0.6) is 0 Å². The van der Waals surface area contributed by atoms with E-state index < -0.39 is 0 Å². The van der Waals surface area contributed by atoms with Crippen molar-refractivity contribution >= 4 is 17.5 Å². The first-order chi connectivity index (χ1) is 11.6. The quantitative estimate of drug-likeness (QED) is 0.794. The Balaban J connectivity index is 1.94. The van der Waals surface area contributed by atoms with Crippen LogP contribution in [-0.4, -0.2) is 23.9 Å². The molecule has 24 heavy (non-hydrogen) atoms. The summed E-state index contributed by atoms with van der Waals surface area (Å²) in [5, 5.41) is 12.4. The zero-order valence-electron chi connectivity index (χ0n) is 13.5. The van der Waals surface area contributed by atoms with Crippen molar-refractivity contribution < 1.29 is 9.21 Å². The maximum Gasteiger partial charge on any atom is 0.234 e. The van der Waals surface area contributed by atoms with Crippen LogP contribution in [-0.2, 0) is 11.3 Å². The van der Waals surface area contributed by atoms with E-state index in [0.29, 0.717) is 24.5 Å². The lowest BCUT2D eigenvalue weighted by molar-refractivity contribution is -0.123. The number of carbonyl (C=O) groups excluding carboxylic acids is 1. The van der Waals surface area contributed by atoms with E-state index in [9.17, 15) is 4.79 Å². The minimum atomic E-state index is -0.187. The molecule has 1 aromatic heterocycles. The molecule has 1 heterocycles. The van der Waals surface area contributed by atoms with Crippen molar-refractivity contribution in [2.75, 3.05) is 13.1 Å². The van der Waals surface area contributed by atoms with Crippen LogP contribution in [0.4, 0.5) is 0 Å². The lowest BCUT2D eigenvalue weighted by atomic mass is 10.1. The van der Waals surface area contributed by atoms with Crippen molar-refractivity contribution in [1.29, 1.82) is 5.26 Å². The summed E-state index contributed by atoms with van der Waals surface area (Å²) in [5.41, 5.74) is 0.877. The Hall–Kier alpha value is -2.29. The van der Waals surface area contributed by atoms with Crippen LogP contribution < -0.4 is 5.32 Å². The Kier molecular flexibility index (Phi) is 6.86. The number of furan rings is 1. The van der Waals surface area contributed by atoms with Crippen LogP contribution in [0.1, 0.15) is 30.7 Å². The van der Waals surface area contributed by atoms with Crippen molar-refractivity contribution in [3.8, 4) is 6.07 Å². The van der Waals surface area contributed by atoms with E-state index in [1.165, 1.54) is 0 Å². The standard InChI is InChI=1S/C18H20ClN3O2/c1-14(16-7-2-3-8-17(16)19)21-18(23)13-22(10-5-9-20)12-15-6-4-11-24-15/h2-4,6-8,11,14H,5,10,12-13H2,1H3,(H,21,23). The fraction of sp³-hybridized carbons (Fsp3) is 0.333. The van der Waals surface area contributed by atoms with Crippen LogP contribution in [0.25, 0.3) is 0 Å². The molecule has 2 rings (SSSR count). The summed E-state index contributed by atoms with van der Waals surface area (Å²) in [5.74, 6) is 0.645. The molecule has 0 aliphatic rings. The molecule has 5 nitrogen and oxygen atoms in total. The summed E-state index contributed by atoms with van der Waals surface area (Å²) in [6.45, 7) is 3.08. The number of nitriles is 1. The van der Waals surface area contributed by atoms with Crippen molar-refractivity contribution in [3.05, 3.63) is 59.0 Å². The number of hydrogen-bond donors (Lipinski definition) is 1. The number of hydrogen-bond acceptors (Lipinski definition) is 4. The topological polar surface area (TPSA) is 69.3 Å². The van der Waals surface area contributed by atoms with Crippen molar-refractivity contribution in [1.82, 2.24) is 10.2 Å². The average molecular weight is 346 g/mol. The zero-order valence-corrected chi connectivity index (χ0v) is 14.3. The monoisotopic (exact) mass is 345 g/mol. The van der Waals surface area contributed by atoms with Gasteiger partial charge in [0.15, 0.2) is 0 Å². The van der Waals surface area contributed by atoms with Gasteiger partial charge in [-0.2, -0.15) is 5.26 Å². The molecule has 0 aliphatic heterocycles. The summed E-state index contributed by atoms with van der Waals surface area (Å²) in [7, 11) is 0. The lowest BCUT2D eigenvalue weighted by Crippen LogP contribution is -2.38. The van der Waals surface area contributed by atoms with Gasteiger partial charge in [0.1, 0.15) is 5.76 Å². The van der Waals surface area contributed by atoms with E-state index in [1.54, 1.807) is 18.4 Å². The Morgan fingerprint density at radius 3 is 2.83 bits per heavy atom. The summed E-state index contributed by atoms with van der Waals surface area (Å²) < 4.78 is 5.32. The fourth-order valence-electron chi connectivity index (χ4n) is 2.44. The predicted octanol–water partition coefficient (Wildman–Crippen LogP) is 3.53. The van der Waals surface area contributed by atoms with Crippen LogP contribution in [0.2, 0.25) is 5.02 Å². The second-order valence-corrected chi connectivity index (χ2v) is 5.92. The van der Waals surface area contributed by atoms with Gasteiger partial charge < -0.3 is 9.73 Å². The Morgan fingerprint density at radius 2 is 2.17 bits per heavy atom. The first-order valence-electron chi connectivity index (χ1n) is 7.75. The third kappa shape index (κ3) is 5.41. The van der Waals surface area contributed by atoms with Crippen LogP contribution >= 0.6 is 11.6 Å². The van der Waals surface area contributed by atoms with Gasteiger partial charge in [-0.25, -0.2) is 0 Å². The van der Waals surface area contributed by atoms with Gasteiger partial charge in [0.25, 0.3) is 0 Å². The van der Waals surface area contributed by atoms with Gasteiger partial charge in [-0.1, -0.05) is 29.8 Å². The molecule has 1 unspecified atom stereocenters. The number of benzene rings is 1. The molecule has 6 heteroatoms. The molecule has 0 saturated carbocycles. The number of carbonyl (C=O) groups is 1. The van der Waals surface area contributed by atoms with Crippen molar-refractivity contribution in [2.45, 2.75) is 25.9 Å². The molecule has 0 aliphatic carbocycles. The normalized spacial score (nSPS) is 11.9. The molecule has 0 radical (unpaired) electrons. The number of halogens is 1. The Labute approximate surface area is 146 Å². The molecule has 0 fully saturated rings. The first kappa shape index (κ1) is 18.1. The van der Waals surface area contributed by atoms with Gasteiger partial charge in [-0.15, -0.1) is 0 Å². The van der Waals surface area contributed by atoms with Gasteiger partial charge >= 0.3 is 0 Å².